The van der Waals surface area contributed by atoms with Crippen LogP contribution in [0.2, 0.25) is 0 Å². The Kier molecular flexibility index (Phi) is 9.94. The molecular weight excluding hydrogens is 370 g/mol. The Morgan fingerprint density at radius 3 is 1.48 bits per heavy atom. The van der Waals surface area contributed by atoms with Crippen LogP contribution in [0.1, 0.15) is 62.8 Å². The minimum atomic E-state index is -2.67. The summed E-state index contributed by atoms with van der Waals surface area (Å²) in [6, 6.07) is 16.7. The molecule has 2 aromatic rings. The van der Waals surface area contributed by atoms with E-state index in [0.717, 1.165) is 12.0 Å². The highest BCUT2D eigenvalue weighted by atomic mass is 19.3. The molecule has 2 aromatic carbocycles. The van der Waals surface area contributed by atoms with Crippen molar-refractivity contribution < 1.29 is 18.6 Å². The monoisotopic (exact) mass is 406 g/mol. The van der Waals surface area contributed by atoms with Gasteiger partial charge < -0.3 is 9.84 Å². The third-order valence-corrected chi connectivity index (χ3v) is 5.37. The molecule has 0 atom stereocenters. The number of aliphatic hydroxyl groups is 1. The van der Waals surface area contributed by atoms with Gasteiger partial charge in [-0.3, -0.25) is 0 Å². The van der Waals surface area contributed by atoms with Crippen LogP contribution in [0.25, 0.3) is 0 Å². The normalized spacial score (nSPS) is 11.9. The second-order valence-electron chi connectivity index (χ2n) is 8.85. The van der Waals surface area contributed by atoms with Crippen LogP contribution < -0.4 is 0 Å². The molecule has 2 nitrogen and oxygen atoms in total. The van der Waals surface area contributed by atoms with E-state index in [1.165, 1.54) is 16.7 Å². The van der Waals surface area contributed by atoms with Gasteiger partial charge in [-0.2, -0.15) is 8.78 Å². The molecule has 0 fully saturated rings. The summed E-state index contributed by atoms with van der Waals surface area (Å²) in [6.07, 6.45) is 1.40. The summed E-state index contributed by atoms with van der Waals surface area (Å²) in [5, 5.41) is 8.92. The van der Waals surface area contributed by atoms with Gasteiger partial charge in [-0.25, -0.2) is 0 Å². The van der Waals surface area contributed by atoms with Gasteiger partial charge in [0.05, 0.1) is 6.61 Å². The Morgan fingerprint density at radius 1 is 0.759 bits per heavy atom. The maximum atomic E-state index is 11.8. The van der Waals surface area contributed by atoms with Crippen LogP contribution in [0.3, 0.4) is 0 Å². The maximum Gasteiger partial charge on any atom is 0.345 e. The molecule has 1 N–H and O–H groups in total. The van der Waals surface area contributed by atoms with E-state index in [2.05, 4.69) is 49.8 Å². The molecule has 0 spiro atoms. The van der Waals surface area contributed by atoms with E-state index in [9.17, 15) is 8.78 Å². The van der Waals surface area contributed by atoms with Gasteiger partial charge in [0, 0.05) is 6.61 Å². The molecule has 162 valence electrons. The van der Waals surface area contributed by atoms with Crippen molar-refractivity contribution in [2.45, 2.75) is 71.8 Å². The lowest BCUT2D eigenvalue weighted by Crippen LogP contribution is -2.20. The lowest BCUT2D eigenvalue weighted by Gasteiger charge is -2.25. The highest BCUT2D eigenvalue weighted by Crippen LogP contribution is 2.28. The quantitative estimate of drug-likeness (QED) is 0.538. The van der Waals surface area contributed by atoms with E-state index in [1.54, 1.807) is 0 Å². The number of ether oxygens (including phenoxy) is 1. The number of benzene rings is 2. The van der Waals surface area contributed by atoms with Crippen LogP contribution >= 0.6 is 0 Å². The summed E-state index contributed by atoms with van der Waals surface area (Å²) in [5.74, 6) is 0. The predicted octanol–water partition coefficient (Wildman–Crippen LogP) is 6.56. The van der Waals surface area contributed by atoms with E-state index >= 15 is 0 Å². The molecule has 0 saturated carbocycles. The largest absolute Gasteiger partial charge is 0.396 e. The molecule has 0 amide bonds. The topological polar surface area (TPSA) is 29.5 Å². The zero-order chi connectivity index (χ0) is 22.1. The lowest BCUT2D eigenvalue weighted by atomic mass is 9.81. The van der Waals surface area contributed by atoms with Crippen LogP contribution in [-0.2, 0) is 15.6 Å². The number of aryl methyl sites for hydroxylation is 2. The number of aliphatic hydroxyl groups excluding tert-OH is 1. The van der Waals surface area contributed by atoms with Gasteiger partial charge in [-0.05, 0) is 48.6 Å². The average molecular weight is 407 g/mol. The molecule has 0 aliphatic rings. The highest BCUT2D eigenvalue weighted by molar-refractivity contribution is 5.28. The first kappa shape index (κ1) is 25.3. The predicted molar refractivity (Wildman–Crippen MR) is 117 cm³/mol. The Morgan fingerprint density at radius 2 is 1.14 bits per heavy atom. The summed E-state index contributed by atoms with van der Waals surface area (Å²) < 4.78 is 28.0. The standard InChI is InChI=1S/C13H18F2O.C12H18O/c1-10-4-6-11(7-5-10)13(2,3)8-9-16-12(14)15;1-10-4-6-11(7-5-10)12(2,3)8-9-13/h4-7,12H,8-9H2,1-3H3;4-7,13H,8-9H2,1-3H3. The molecule has 0 radical (unpaired) electrons. The molecular formula is C25H36F2O2. The number of hydrogen-bond donors (Lipinski definition) is 1. The van der Waals surface area contributed by atoms with Crippen molar-refractivity contribution in [1.82, 2.24) is 0 Å². The molecule has 0 aliphatic carbocycles. The van der Waals surface area contributed by atoms with Crippen LogP contribution in [0.5, 0.6) is 0 Å². The van der Waals surface area contributed by atoms with Crippen molar-refractivity contribution in [1.29, 1.82) is 0 Å². The van der Waals surface area contributed by atoms with Crippen molar-refractivity contribution in [3.05, 3.63) is 70.8 Å². The molecule has 0 aromatic heterocycles. The fraction of sp³-hybridized carbons (Fsp3) is 0.520. The lowest BCUT2D eigenvalue weighted by molar-refractivity contribution is -0.131. The van der Waals surface area contributed by atoms with Gasteiger partial charge in [-0.1, -0.05) is 87.4 Å². The summed E-state index contributed by atoms with van der Waals surface area (Å²) in [5.41, 5.74) is 4.88. The minimum absolute atomic E-state index is 0.0819. The summed E-state index contributed by atoms with van der Waals surface area (Å²) in [7, 11) is 0. The first-order chi connectivity index (χ1) is 13.5. The van der Waals surface area contributed by atoms with Crippen LogP contribution in [0.15, 0.2) is 48.5 Å². The van der Waals surface area contributed by atoms with Crippen molar-refractivity contribution in [2.75, 3.05) is 13.2 Å². The maximum absolute atomic E-state index is 11.8. The Bertz CT molecular complexity index is 705. The number of rotatable bonds is 8. The van der Waals surface area contributed by atoms with Crippen LogP contribution in [0.4, 0.5) is 8.78 Å². The smallest absolute Gasteiger partial charge is 0.345 e. The van der Waals surface area contributed by atoms with E-state index < -0.39 is 6.61 Å². The average Bonchev–Trinajstić information content (AvgIpc) is 2.62. The third kappa shape index (κ3) is 9.05. The highest BCUT2D eigenvalue weighted by Gasteiger charge is 2.21. The second-order valence-corrected chi connectivity index (χ2v) is 8.85. The van der Waals surface area contributed by atoms with Gasteiger partial charge in [-0.15, -0.1) is 0 Å². The third-order valence-electron chi connectivity index (χ3n) is 5.37. The number of alkyl halides is 2. The number of halogens is 2. The zero-order valence-corrected chi connectivity index (χ0v) is 18.6. The summed E-state index contributed by atoms with van der Waals surface area (Å²) >= 11 is 0. The fourth-order valence-electron chi connectivity index (χ4n) is 2.98. The molecule has 0 unspecified atom stereocenters. The Labute approximate surface area is 174 Å². The van der Waals surface area contributed by atoms with Crippen LogP contribution in [-0.4, -0.2) is 24.9 Å². The first-order valence-corrected chi connectivity index (χ1v) is 10.1. The van der Waals surface area contributed by atoms with Crippen LogP contribution in [0, 0.1) is 13.8 Å². The van der Waals surface area contributed by atoms with Gasteiger partial charge in [0.1, 0.15) is 0 Å². The van der Waals surface area contributed by atoms with Gasteiger partial charge >= 0.3 is 6.61 Å². The van der Waals surface area contributed by atoms with E-state index in [-0.39, 0.29) is 24.0 Å². The van der Waals surface area contributed by atoms with Gasteiger partial charge in [0.2, 0.25) is 0 Å². The van der Waals surface area contributed by atoms with Crippen molar-refractivity contribution in [3.63, 3.8) is 0 Å². The molecule has 0 aliphatic heterocycles. The summed E-state index contributed by atoms with van der Waals surface area (Å²) in [6.45, 7) is 10.2. The van der Waals surface area contributed by atoms with Gasteiger partial charge in [0.15, 0.2) is 0 Å². The zero-order valence-electron chi connectivity index (χ0n) is 18.6. The van der Waals surface area contributed by atoms with Crippen molar-refractivity contribution >= 4 is 0 Å². The van der Waals surface area contributed by atoms with E-state index in [0.29, 0.717) is 6.42 Å². The minimum Gasteiger partial charge on any atom is -0.396 e. The number of hydrogen-bond acceptors (Lipinski definition) is 2. The Balaban J connectivity index is 0.000000296. The molecule has 4 heteroatoms. The first-order valence-electron chi connectivity index (χ1n) is 10.1. The fourth-order valence-corrected chi connectivity index (χ4v) is 2.98. The molecule has 29 heavy (non-hydrogen) atoms. The second kappa shape index (κ2) is 11.4. The SMILES string of the molecule is Cc1ccc(C(C)(C)CCO)cc1.Cc1ccc(C(C)(C)CCOC(F)F)cc1. The van der Waals surface area contributed by atoms with Gasteiger partial charge in [0.25, 0.3) is 0 Å². The summed E-state index contributed by atoms with van der Waals surface area (Å²) in [4.78, 5) is 0. The molecule has 0 heterocycles. The molecule has 2 rings (SSSR count). The van der Waals surface area contributed by atoms with E-state index in [4.69, 9.17) is 5.11 Å². The Hall–Kier alpha value is -1.78. The molecule has 0 bridgehead atoms. The van der Waals surface area contributed by atoms with E-state index in [1.807, 2.05) is 45.0 Å². The molecule has 0 saturated heterocycles. The van der Waals surface area contributed by atoms with Crippen molar-refractivity contribution in [3.8, 4) is 0 Å². The van der Waals surface area contributed by atoms with Crippen molar-refractivity contribution in [2.24, 2.45) is 0 Å².